The van der Waals surface area contributed by atoms with E-state index in [1.165, 1.54) is 18.2 Å². The van der Waals surface area contributed by atoms with Gasteiger partial charge in [-0.15, -0.1) is 0 Å². The Morgan fingerprint density at radius 1 is 1.00 bits per heavy atom. The molecule has 2 aromatic carbocycles. The molecule has 1 saturated heterocycles. The van der Waals surface area contributed by atoms with E-state index in [-0.39, 0.29) is 29.6 Å². The molecule has 0 unspecified atom stereocenters. The molecule has 0 bridgehead atoms. The van der Waals surface area contributed by atoms with Crippen molar-refractivity contribution in [3.8, 4) is 22.6 Å². The minimum absolute atomic E-state index is 0.0171. The van der Waals surface area contributed by atoms with Gasteiger partial charge in [-0.2, -0.15) is 0 Å². The molecule has 4 rings (SSSR count). The topological polar surface area (TPSA) is 113 Å². The number of ether oxygens (including phenoxy) is 2. The van der Waals surface area contributed by atoms with Gasteiger partial charge in [0.05, 0.1) is 17.3 Å². The van der Waals surface area contributed by atoms with Crippen LogP contribution < -0.4 is 10.1 Å². The largest absolute Gasteiger partial charge is 0.451 e. The summed E-state index contributed by atoms with van der Waals surface area (Å²) in [6.07, 6.45) is -0.325. The zero-order chi connectivity index (χ0) is 31.0. The van der Waals surface area contributed by atoms with Crippen LogP contribution in [0.15, 0.2) is 48.7 Å². The number of para-hydroxylation sites is 1. The van der Waals surface area contributed by atoms with Crippen molar-refractivity contribution in [3.63, 3.8) is 0 Å². The molecule has 0 aliphatic carbocycles. The van der Waals surface area contributed by atoms with E-state index in [0.717, 1.165) is 12.1 Å². The molecule has 1 aromatic heterocycles. The highest BCUT2D eigenvalue weighted by Gasteiger charge is 2.36. The van der Waals surface area contributed by atoms with Gasteiger partial charge in [0.1, 0.15) is 11.4 Å². The fourth-order valence-electron chi connectivity index (χ4n) is 4.83. The maximum absolute atomic E-state index is 14.1. The van der Waals surface area contributed by atoms with Crippen LogP contribution >= 0.6 is 0 Å². The van der Waals surface area contributed by atoms with E-state index >= 15 is 0 Å². The van der Waals surface area contributed by atoms with Gasteiger partial charge in [-0.25, -0.2) is 13.6 Å². The van der Waals surface area contributed by atoms with Gasteiger partial charge in [0.2, 0.25) is 0 Å². The standard InChI is InChI=1S/C31H37F2N3O6/c1-30(2,3)34-27(37)24-21(18-10-12-20(13-11-18)41-26-22(32)8-7-9-23(26)33)17-36(25(24)28(38)39)19-14-15-35(16-19)29(40)42-31(4,5)6/h7-13,17,19,28,38-39H,14-16H2,1-6H3,(H,34,37)/t19-/m1/s1. The van der Waals surface area contributed by atoms with Crippen LogP contribution in [-0.4, -0.2) is 55.9 Å². The average molecular weight is 586 g/mol. The number of aromatic nitrogens is 1. The number of amides is 2. The molecule has 0 radical (unpaired) electrons. The molecule has 1 aliphatic heterocycles. The van der Waals surface area contributed by atoms with Crippen LogP contribution in [0.3, 0.4) is 0 Å². The summed E-state index contributed by atoms with van der Waals surface area (Å²) in [6.45, 7) is 11.4. The molecule has 226 valence electrons. The molecule has 0 spiro atoms. The summed E-state index contributed by atoms with van der Waals surface area (Å²) in [4.78, 5) is 27.8. The number of nitrogens with one attached hydrogen (secondary N) is 1. The predicted octanol–water partition coefficient (Wildman–Crippen LogP) is 5.92. The number of likely N-dealkylation sites (tertiary alicyclic amines) is 1. The van der Waals surface area contributed by atoms with Gasteiger partial charge in [0.15, 0.2) is 23.7 Å². The minimum Gasteiger partial charge on any atom is -0.451 e. The lowest BCUT2D eigenvalue weighted by atomic mass is 10.00. The maximum atomic E-state index is 14.1. The number of hydrogen-bond donors (Lipinski definition) is 3. The summed E-state index contributed by atoms with van der Waals surface area (Å²) in [5.41, 5.74) is -0.330. The number of hydrogen-bond acceptors (Lipinski definition) is 6. The molecule has 3 N–H and O–H groups in total. The Morgan fingerprint density at radius 2 is 1.62 bits per heavy atom. The molecule has 1 fully saturated rings. The smallest absolute Gasteiger partial charge is 0.410 e. The number of rotatable bonds is 6. The monoisotopic (exact) mass is 585 g/mol. The number of nitrogens with zero attached hydrogens (tertiary/aromatic N) is 2. The number of carbonyl (C=O) groups excluding carboxylic acids is 2. The SMILES string of the molecule is CC(C)(C)NC(=O)c1c(-c2ccc(Oc3c(F)cccc3F)cc2)cn([C@@H]2CCN(C(=O)OC(C)(C)C)C2)c1C(O)O. The van der Waals surface area contributed by atoms with E-state index in [2.05, 4.69) is 5.32 Å². The van der Waals surface area contributed by atoms with Crippen molar-refractivity contribution in [2.75, 3.05) is 13.1 Å². The first-order valence-corrected chi connectivity index (χ1v) is 13.7. The number of carbonyl (C=O) groups is 2. The highest BCUT2D eigenvalue weighted by atomic mass is 19.1. The zero-order valence-corrected chi connectivity index (χ0v) is 24.6. The van der Waals surface area contributed by atoms with Gasteiger partial charge in [-0.05, 0) is 77.8 Å². The second-order valence-corrected chi connectivity index (χ2v) is 12.3. The Bertz CT molecular complexity index is 1430. The first-order chi connectivity index (χ1) is 19.5. The van der Waals surface area contributed by atoms with E-state index in [9.17, 15) is 28.6 Å². The Balaban J connectivity index is 1.73. The Labute approximate surface area is 243 Å². The van der Waals surface area contributed by atoms with E-state index in [4.69, 9.17) is 9.47 Å². The lowest BCUT2D eigenvalue weighted by molar-refractivity contribution is -0.0496. The molecule has 9 nitrogen and oxygen atoms in total. The average Bonchev–Trinajstić information content (AvgIpc) is 3.50. The second kappa shape index (κ2) is 11.7. The van der Waals surface area contributed by atoms with E-state index in [0.29, 0.717) is 24.1 Å². The third kappa shape index (κ3) is 7.08. The quantitative estimate of drug-likeness (QED) is 0.310. The van der Waals surface area contributed by atoms with Crippen LogP contribution in [0.5, 0.6) is 11.5 Å². The van der Waals surface area contributed by atoms with Crippen molar-refractivity contribution in [2.24, 2.45) is 0 Å². The van der Waals surface area contributed by atoms with Gasteiger partial charge >= 0.3 is 6.09 Å². The zero-order valence-electron chi connectivity index (χ0n) is 24.6. The van der Waals surface area contributed by atoms with Crippen LogP contribution in [-0.2, 0) is 4.74 Å². The molecule has 2 heterocycles. The van der Waals surface area contributed by atoms with E-state index in [1.54, 1.807) is 69.3 Å². The lowest BCUT2D eigenvalue weighted by Crippen LogP contribution is -2.41. The first-order valence-electron chi connectivity index (χ1n) is 13.7. The van der Waals surface area contributed by atoms with Crippen molar-refractivity contribution < 1.29 is 38.1 Å². The van der Waals surface area contributed by atoms with Gasteiger partial charge in [-0.1, -0.05) is 18.2 Å². The third-order valence-electron chi connectivity index (χ3n) is 6.54. The van der Waals surface area contributed by atoms with Gasteiger partial charge in [0.25, 0.3) is 5.91 Å². The van der Waals surface area contributed by atoms with Crippen LogP contribution in [0.2, 0.25) is 0 Å². The first kappa shape index (κ1) is 31.0. The molecule has 42 heavy (non-hydrogen) atoms. The minimum atomic E-state index is -2.00. The summed E-state index contributed by atoms with van der Waals surface area (Å²) >= 11 is 0. The van der Waals surface area contributed by atoms with Gasteiger partial charge in [0, 0.05) is 30.4 Å². The number of aliphatic hydroxyl groups is 2. The Hall–Kier alpha value is -3.96. The number of aliphatic hydroxyl groups excluding tert-OH is 1. The van der Waals surface area contributed by atoms with E-state index < -0.39 is 46.8 Å². The van der Waals surface area contributed by atoms with Crippen molar-refractivity contribution in [3.05, 3.63) is 71.6 Å². The summed E-state index contributed by atoms with van der Waals surface area (Å²) in [6, 6.07) is 9.26. The van der Waals surface area contributed by atoms with E-state index in [1.807, 2.05) is 0 Å². The van der Waals surface area contributed by atoms with Crippen molar-refractivity contribution >= 4 is 12.0 Å². The molecular weight excluding hydrogens is 548 g/mol. The molecule has 11 heteroatoms. The maximum Gasteiger partial charge on any atom is 0.410 e. The molecule has 0 saturated carbocycles. The fraction of sp³-hybridized carbons (Fsp3) is 0.419. The van der Waals surface area contributed by atoms with Crippen molar-refractivity contribution in [2.45, 2.75) is 71.4 Å². The molecular formula is C31H37F2N3O6. The Morgan fingerprint density at radius 3 is 2.17 bits per heavy atom. The Kier molecular flexibility index (Phi) is 8.65. The molecule has 1 atom stereocenters. The molecule has 2 amide bonds. The van der Waals surface area contributed by atoms with Crippen LogP contribution in [0.1, 0.15) is 76.3 Å². The number of benzene rings is 2. The summed E-state index contributed by atoms with van der Waals surface area (Å²) in [5.74, 6) is -2.60. The lowest BCUT2D eigenvalue weighted by Gasteiger charge is -2.25. The highest BCUT2D eigenvalue weighted by Crippen LogP contribution is 2.37. The van der Waals surface area contributed by atoms with Crippen molar-refractivity contribution in [1.82, 2.24) is 14.8 Å². The fourth-order valence-corrected chi connectivity index (χ4v) is 4.83. The third-order valence-corrected chi connectivity index (χ3v) is 6.54. The van der Waals surface area contributed by atoms with Crippen LogP contribution in [0, 0.1) is 11.6 Å². The van der Waals surface area contributed by atoms with Crippen LogP contribution in [0.25, 0.3) is 11.1 Å². The summed E-state index contributed by atoms with van der Waals surface area (Å²) < 4.78 is 40.7. The van der Waals surface area contributed by atoms with Gasteiger partial charge < -0.3 is 34.5 Å². The molecule has 1 aliphatic rings. The molecule has 3 aromatic rings. The van der Waals surface area contributed by atoms with Crippen molar-refractivity contribution in [1.29, 1.82) is 0 Å². The number of halogens is 2. The highest BCUT2D eigenvalue weighted by molar-refractivity contribution is 6.02. The van der Waals surface area contributed by atoms with Crippen LogP contribution in [0.4, 0.5) is 13.6 Å². The second-order valence-electron chi connectivity index (χ2n) is 12.3. The normalized spacial score (nSPS) is 15.7. The summed E-state index contributed by atoms with van der Waals surface area (Å²) in [7, 11) is 0. The van der Waals surface area contributed by atoms with Gasteiger partial charge in [-0.3, -0.25) is 4.79 Å². The predicted molar refractivity (Wildman–Crippen MR) is 152 cm³/mol. The summed E-state index contributed by atoms with van der Waals surface area (Å²) in [5, 5.41) is 23.9.